The SMILES string of the molecule is O=Cc1cc2ccccc2nc1N/N=C1/SCC(=O)N1c1ccccc1. The van der Waals surface area contributed by atoms with E-state index >= 15 is 0 Å². The second-order valence-corrected chi connectivity index (χ2v) is 6.54. The van der Waals surface area contributed by atoms with Crippen molar-refractivity contribution in [1.82, 2.24) is 4.98 Å². The van der Waals surface area contributed by atoms with Gasteiger partial charge in [0.25, 0.3) is 0 Å². The predicted molar refractivity (Wildman–Crippen MR) is 105 cm³/mol. The zero-order valence-electron chi connectivity index (χ0n) is 13.6. The van der Waals surface area contributed by atoms with E-state index in [-0.39, 0.29) is 5.91 Å². The quantitative estimate of drug-likeness (QED) is 0.568. The van der Waals surface area contributed by atoms with Crippen molar-refractivity contribution in [3.63, 3.8) is 0 Å². The van der Waals surface area contributed by atoms with Crippen LogP contribution in [-0.4, -0.2) is 28.1 Å². The van der Waals surface area contributed by atoms with E-state index in [9.17, 15) is 9.59 Å². The Morgan fingerprint density at radius 2 is 1.88 bits per heavy atom. The lowest BCUT2D eigenvalue weighted by atomic mass is 10.1. The number of fused-ring (bicyclic) bond motifs is 1. The molecule has 0 radical (unpaired) electrons. The highest BCUT2D eigenvalue weighted by Gasteiger charge is 2.29. The number of hydrogen-bond acceptors (Lipinski definition) is 6. The van der Waals surface area contributed by atoms with E-state index in [0.29, 0.717) is 22.3 Å². The Kier molecular flexibility index (Phi) is 4.37. The second kappa shape index (κ2) is 6.97. The Hall–Kier alpha value is -3.19. The van der Waals surface area contributed by atoms with E-state index in [1.165, 1.54) is 11.8 Å². The number of nitrogens with zero attached hydrogens (tertiary/aromatic N) is 3. The number of hydrazone groups is 1. The van der Waals surface area contributed by atoms with Gasteiger partial charge in [-0.1, -0.05) is 48.2 Å². The van der Waals surface area contributed by atoms with Crippen molar-refractivity contribution < 1.29 is 9.59 Å². The number of amidine groups is 1. The standard InChI is InChI=1S/C19H14N4O2S/c24-11-14-10-13-6-4-5-9-16(13)20-18(14)21-22-19-23(17(25)12-26-19)15-7-2-1-3-8-15/h1-11H,12H2,(H,20,21)/b22-19+. The van der Waals surface area contributed by atoms with E-state index in [0.717, 1.165) is 22.9 Å². The van der Waals surface area contributed by atoms with Crippen molar-refractivity contribution in [2.75, 3.05) is 16.1 Å². The molecule has 0 unspecified atom stereocenters. The highest BCUT2D eigenvalue weighted by Crippen LogP contribution is 2.27. The van der Waals surface area contributed by atoms with Crippen LogP contribution in [-0.2, 0) is 4.79 Å². The van der Waals surface area contributed by atoms with Crippen LogP contribution >= 0.6 is 11.8 Å². The predicted octanol–water partition coefficient (Wildman–Crippen LogP) is 3.51. The number of pyridine rings is 1. The fourth-order valence-electron chi connectivity index (χ4n) is 2.69. The summed E-state index contributed by atoms with van der Waals surface area (Å²) in [6.07, 6.45) is 0.740. The largest absolute Gasteiger partial charge is 0.298 e. The smallest absolute Gasteiger partial charge is 0.243 e. The first-order valence-corrected chi connectivity index (χ1v) is 8.94. The maximum atomic E-state index is 12.2. The van der Waals surface area contributed by atoms with Crippen LogP contribution in [0.5, 0.6) is 0 Å². The molecule has 0 bridgehead atoms. The summed E-state index contributed by atoms with van der Waals surface area (Å²) in [7, 11) is 0. The molecular weight excluding hydrogens is 348 g/mol. The van der Waals surface area contributed by atoms with Gasteiger partial charge in [-0.15, -0.1) is 5.10 Å². The van der Waals surface area contributed by atoms with Gasteiger partial charge in [-0.3, -0.25) is 19.9 Å². The summed E-state index contributed by atoms with van der Waals surface area (Å²) in [6, 6.07) is 18.6. The molecular formula is C19H14N4O2S. The molecule has 1 fully saturated rings. The summed E-state index contributed by atoms with van der Waals surface area (Å²) in [5, 5.41) is 5.73. The van der Waals surface area contributed by atoms with Crippen molar-refractivity contribution in [2.24, 2.45) is 5.10 Å². The van der Waals surface area contributed by atoms with Gasteiger partial charge in [-0.25, -0.2) is 4.98 Å². The van der Waals surface area contributed by atoms with E-state index in [2.05, 4.69) is 15.5 Å². The van der Waals surface area contributed by atoms with Gasteiger partial charge >= 0.3 is 0 Å². The molecule has 26 heavy (non-hydrogen) atoms. The van der Waals surface area contributed by atoms with Crippen molar-refractivity contribution >= 4 is 51.5 Å². The van der Waals surface area contributed by atoms with Gasteiger partial charge in [-0.05, 0) is 24.3 Å². The fraction of sp³-hybridized carbons (Fsp3) is 0.0526. The molecule has 2 aromatic carbocycles. The van der Waals surface area contributed by atoms with E-state index in [1.54, 1.807) is 11.0 Å². The van der Waals surface area contributed by atoms with E-state index < -0.39 is 0 Å². The molecule has 3 aromatic rings. The van der Waals surface area contributed by atoms with Crippen LogP contribution in [0, 0.1) is 0 Å². The molecule has 0 spiro atoms. The van der Waals surface area contributed by atoms with Crippen LogP contribution in [0.15, 0.2) is 65.8 Å². The number of hydrogen-bond donors (Lipinski definition) is 1. The highest BCUT2D eigenvalue weighted by molar-refractivity contribution is 8.15. The van der Waals surface area contributed by atoms with Crippen molar-refractivity contribution in [1.29, 1.82) is 0 Å². The number of aromatic nitrogens is 1. The van der Waals surface area contributed by atoms with Gasteiger partial charge in [-0.2, -0.15) is 0 Å². The molecule has 2 heterocycles. The highest BCUT2D eigenvalue weighted by atomic mass is 32.2. The normalized spacial score (nSPS) is 15.6. The minimum atomic E-state index is -0.0381. The lowest BCUT2D eigenvalue weighted by Crippen LogP contribution is -2.29. The second-order valence-electron chi connectivity index (χ2n) is 5.60. The molecule has 0 saturated carbocycles. The number of rotatable bonds is 4. The van der Waals surface area contributed by atoms with Crippen molar-refractivity contribution in [3.8, 4) is 0 Å². The topological polar surface area (TPSA) is 74.7 Å². The van der Waals surface area contributed by atoms with E-state index in [1.807, 2.05) is 54.6 Å². The number of nitrogens with one attached hydrogen (secondary N) is 1. The number of carbonyl (C=O) groups excluding carboxylic acids is 2. The zero-order valence-corrected chi connectivity index (χ0v) is 14.4. The third-order valence-corrected chi connectivity index (χ3v) is 4.84. The molecule has 1 saturated heterocycles. The number of thioether (sulfide) groups is 1. The first-order chi connectivity index (χ1) is 12.8. The summed E-state index contributed by atoms with van der Waals surface area (Å²) in [4.78, 5) is 29.6. The number of aldehydes is 1. The van der Waals surface area contributed by atoms with Crippen molar-refractivity contribution in [2.45, 2.75) is 0 Å². The van der Waals surface area contributed by atoms with Crippen LogP contribution in [0.2, 0.25) is 0 Å². The molecule has 7 heteroatoms. The molecule has 1 aliphatic rings. The molecule has 1 N–H and O–H groups in total. The number of amides is 1. The number of benzene rings is 2. The van der Waals surface area contributed by atoms with Crippen LogP contribution in [0.25, 0.3) is 10.9 Å². The summed E-state index contributed by atoms with van der Waals surface area (Å²) < 4.78 is 0. The number of anilines is 2. The molecule has 6 nitrogen and oxygen atoms in total. The van der Waals surface area contributed by atoms with Gasteiger partial charge in [0.05, 0.1) is 22.5 Å². The fourth-order valence-corrected chi connectivity index (χ4v) is 3.52. The zero-order chi connectivity index (χ0) is 17.9. The van der Waals surface area contributed by atoms with Gasteiger partial charge < -0.3 is 0 Å². The lowest BCUT2D eigenvalue weighted by molar-refractivity contribution is -0.115. The Labute approximate surface area is 153 Å². The summed E-state index contributed by atoms with van der Waals surface area (Å²) >= 11 is 1.34. The molecule has 0 aliphatic carbocycles. The maximum absolute atomic E-state index is 12.2. The van der Waals surface area contributed by atoms with Gasteiger partial charge in [0.15, 0.2) is 17.3 Å². The first-order valence-electron chi connectivity index (χ1n) is 7.96. The number of carbonyl (C=O) groups is 2. The summed E-state index contributed by atoms with van der Waals surface area (Å²) in [6.45, 7) is 0. The van der Waals surface area contributed by atoms with Gasteiger partial charge in [0, 0.05) is 5.39 Å². The lowest BCUT2D eigenvalue weighted by Gasteiger charge is -2.16. The molecule has 1 aromatic heterocycles. The minimum Gasteiger partial charge on any atom is -0.298 e. The Balaban J connectivity index is 1.68. The minimum absolute atomic E-state index is 0.0381. The summed E-state index contributed by atoms with van der Waals surface area (Å²) in [5.74, 6) is 0.643. The van der Waals surface area contributed by atoms with Crippen LogP contribution in [0.4, 0.5) is 11.5 Å². The average molecular weight is 362 g/mol. The first kappa shape index (κ1) is 16.3. The third kappa shape index (κ3) is 3.04. The number of para-hydroxylation sites is 2. The Bertz CT molecular complexity index is 1020. The van der Waals surface area contributed by atoms with Gasteiger partial charge in [0.2, 0.25) is 5.91 Å². The third-order valence-electron chi connectivity index (χ3n) is 3.92. The molecule has 128 valence electrons. The maximum Gasteiger partial charge on any atom is 0.243 e. The van der Waals surface area contributed by atoms with Crippen molar-refractivity contribution in [3.05, 3.63) is 66.2 Å². The molecule has 1 aliphatic heterocycles. The Morgan fingerprint density at radius 3 is 2.69 bits per heavy atom. The van der Waals surface area contributed by atoms with Gasteiger partial charge in [0.1, 0.15) is 0 Å². The van der Waals surface area contributed by atoms with Crippen LogP contribution in [0.3, 0.4) is 0 Å². The molecule has 4 rings (SSSR count). The Morgan fingerprint density at radius 1 is 1.12 bits per heavy atom. The summed E-state index contributed by atoms with van der Waals surface area (Å²) in [5.41, 5.74) is 4.78. The van der Waals surface area contributed by atoms with Crippen LogP contribution in [0.1, 0.15) is 10.4 Å². The molecule has 0 atom stereocenters. The average Bonchev–Trinajstić information content (AvgIpc) is 3.06. The van der Waals surface area contributed by atoms with E-state index in [4.69, 9.17) is 0 Å². The van der Waals surface area contributed by atoms with Crippen LogP contribution < -0.4 is 10.3 Å². The monoisotopic (exact) mass is 362 g/mol. The molecule has 1 amide bonds.